The third kappa shape index (κ3) is 2.38. The highest BCUT2D eigenvalue weighted by molar-refractivity contribution is 6.29. The number of aryl methyl sites for hydroxylation is 1. The Morgan fingerprint density at radius 1 is 1.05 bits per heavy atom. The summed E-state index contributed by atoms with van der Waals surface area (Å²) in [6.07, 6.45) is 2.39. The summed E-state index contributed by atoms with van der Waals surface area (Å²) in [5.74, 6) is 1.25. The van der Waals surface area contributed by atoms with Crippen LogP contribution in [-0.4, -0.2) is 15.0 Å². The second-order valence-corrected chi connectivity index (χ2v) is 5.93. The van der Waals surface area contributed by atoms with Gasteiger partial charge in [0, 0.05) is 28.3 Å². The van der Waals surface area contributed by atoms with Crippen molar-refractivity contribution in [2.75, 3.05) is 0 Å². The normalized spacial score (nSPS) is 14.6. The largest absolute Gasteiger partial charge is 0.253 e. The predicted octanol–water partition coefficient (Wildman–Crippen LogP) is 4.53. The molecule has 1 aromatic carbocycles. The molecule has 1 aliphatic rings. The second-order valence-electron chi connectivity index (χ2n) is 5.54. The molecule has 1 saturated carbocycles. The van der Waals surface area contributed by atoms with E-state index in [0.717, 1.165) is 27.9 Å². The SMILES string of the molecule is Cc1cc(-c2nc(Cl)cc(C3CC3)n2)c2ccccc2n1. The monoisotopic (exact) mass is 295 g/mol. The van der Waals surface area contributed by atoms with Crippen molar-refractivity contribution in [3.63, 3.8) is 0 Å². The second kappa shape index (κ2) is 4.78. The van der Waals surface area contributed by atoms with E-state index in [2.05, 4.69) is 16.0 Å². The lowest BCUT2D eigenvalue weighted by molar-refractivity contribution is 0.994. The van der Waals surface area contributed by atoms with E-state index in [-0.39, 0.29) is 0 Å². The first-order valence-corrected chi connectivity index (χ1v) is 7.50. The Balaban J connectivity index is 1.97. The molecule has 0 amide bonds. The molecule has 3 nitrogen and oxygen atoms in total. The number of fused-ring (bicyclic) bond motifs is 1. The van der Waals surface area contributed by atoms with Crippen molar-refractivity contribution < 1.29 is 0 Å². The van der Waals surface area contributed by atoms with Gasteiger partial charge in [-0.15, -0.1) is 0 Å². The maximum atomic E-state index is 6.20. The summed E-state index contributed by atoms with van der Waals surface area (Å²) < 4.78 is 0. The molecule has 4 heteroatoms. The molecule has 0 unspecified atom stereocenters. The third-order valence-corrected chi connectivity index (χ3v) is 3.99. The van der Waals surface area contributed by atoms with Crippen LogP contribution in [0.3, 0.4) is 0 Å². The van der Waals surface area contributed by atoms with Crippen molar-refractivity contribution >= 4 is 22.5 Å². The number of pyridine rings is 1. The van der Waals surface area contributed by atoms with E-state index < -0.39 is 0 Å². The minimum Gasteiger partial charge on any atom is -0.253 e. The molecule has 4 rings (SSSR count). The number of halogens is 1. The van der Waals surface area contributed by atoms with E-state index in [4.69, 9.17) is 16.6 Å². The highest BCUT2D eigenvalue weighted by Crippen LogP contribution is 2.40. The molecule has 1 aliphatic carbocycles. The third-order valence-electron chi connectivity index (χ3n) is 3.80. The van der Waals surface area contributed by atoms with Crippen molar-refractivity contribution in [1.29, 1.82) is 0 Å². The molecule has 0 aliphatic heterocycles. The molecule has 3 aromatic rings. The number of hydrogen-bond donors (Lipinski definition) is 0. The minimum atomic E-state index is 0.514. The molecule has 104 valence electrons. The molecule has 0 N–H and O–H groups in total. The first-order chi connectivity index (χ1) is 10.2. The molecule has 1 fully saturated rings. The van der Waals surface area contributed by atoms with Gasteiger partial charge in [-0.3, -0.25) is 4.98 Å². The quantitative estimate of drug-likeness (QED) is 0.652. The maximum absolute atomic E-state index is 6.20. The Bertz CT molecular complexity index is 841. The van der Waals surface area contributed by atoms with Crippen molar-refractivity contribution in [3.8, 4) is 11.4 Å². The summed E-state index contributed by atoms with van der Waals surface area (Å²) in [6.45, 7) is 1.99. The number of para-hydroxylation sites is 1. The molecule has 21 heavy (non-hydrogen) atoms. The van der Waals surface area contributed by atoms with Crippen molar-refractivity contribution in [2.24, 2.45) is 0 Å². The predicted molar refractivity (Wildman–Crippen MR) is 84.5 cm³/mol. The summed E-state index contributed by atoms with van der Waals surface area (Å²) in [6, 6.07) is 12.0. The number of nitrogens with zero attached hydrogens (tertiary/aromatic N) is 3. The average molecular weight is 296 g/mol. The van der Waals surface area contributed by atoms with Gasteiger partial charge in [-0.25, -0.2) is 9.97 Å². The van der Waals surface area contributed by atoms with Gasteiger partial charge in [-0.1, -0.05) is 29.8 Å². The Kier molecular flexibility index (Phi) is 2.89. The first kappa shape index (κ1) is 12.7. The van der Waals surface area contributed by atoms with Crippen LogP contribution in [0.1, 0.15) is 30.1 Å². The van der Waals surface area contributed by atoms with E-state index in [1.807, 2.05) is 37.3 Å². The van der Waals surface area contributed by atoms with Gasteiger partial charge in [0.1, 0.15) is 5.15 Å². The van der Waals surface area contributed by atoms with Crippen LogP contribution >= 0.6 is 11.6 Å². The summed E-state index contributed by atoms with van der Waals surface area (Å²) >= 11 is 6.20. The fourth-order valence-corrected chi connectivity index (χ4v) is 2.83. The molecular weight excluding hydrogens is 282 g/mol. The Morgan fingerprint density at radius 2 is 1.86 bits per heavy atom. The molecule has 0 atom stereocenters. The zero-order chi connectivity index (χ0) is 14.4. The maximum Gasteiger partial charge on any atom is 0.161 e. The van der Waals surface area contributed by atoms with Gasteiger partial charge >= 0.3 is 0 Å². The van der Waals surface area contributed by atoms with E-state index in [1.165, 1.54) is 12.8 Å². The van der Waals surface area contributed by atoms with Crippen LogP contribution < -0.4 is 0 Å². The van der Waals surface area contributed by atoms with Gasteiger partial charge in [0.05, 0.1) is 5.52 Å². The fourth-order valence-electron chi connectivity index (χ4n) is 2.64. The Hall–Kier alpha value is -2.00. The van der Waals surface area contributed by atoms with Gasteiger partial charge < -0.3 is 0 Å². The molecular formula is C17H14ClN3. The summed E-state index contributed by atoms with van der Waals surface area (Å²) in [5, 5.41) is 1.58. The smallest absolute Gasteiger partial charge is 0.161 e. The number of rotatable bonds is 2. The van der Waals surface area contributed by atoms with Gasteiger partial charge in [0.25, 0.3) is 0 Å². The topological polar surface area (TPSA) is 38.7 Å². The summed E-state index contributed by atoms with van der Waals surface area (Å²) in [4.78, 5) is 13.7. The van der Waals surface area contributed by atoms with Gasteiger partial charge in [-0.2, -0.15) is 0 Å². The van der Waals surface area contributed by atoms with Crippen LogP contribution in [0, 0.1) is 6.92 Å². The van der Waals surface area contributed by atoms with E-state index >= 15 is 0 Å². The molecule has 2 heterocycles. The van der Waals surface area contributed by atoms with E-state index in [0.29, 0.717) is 16.9 Å². The zero-order valence-electron chi connectivity index (χ0n) is 11.7. The first-order valence-electron chi connectivity index (χ1n) is 7.12. The van der Waals surface area contributed by atoms with Crippen LogP contribution in [0.25, 0.3) is 22.3 Å². The van der Waals surface area contributed by atoms with Crippen molar-refractivity contribution in [1.82, 2.24) is 15.0 Å². The number of aromatic nitrogens is 3. The molecule has 0 spiro atoms. The van der Waals surface area contributed by atoms with Crippen LogP contribution in [0.15, 0.2) is 36.4 Å². The summed E-state index contributed by atoms with van der Waals surface area (Å²) in [7, 11) is 0. The Morgan fingerprint density at radius 3 is 2.67 bits per heavy atom. The van der Waals surface area contributed by atoms with E-state index in [1.54, 1.807) is 0 Å². The van der Waals surface area contributed by atoms with Crippen molar-refractivity contribution in [3.05, 3.63) is 52.9 Å². The minimum absolute atomic E-state index is 0.514. The summed E-state index contributed by atoms with van der Waals surface area (Å²) in [5.41, 5.74) is 3.98. The lowest BCUT2D eigenvalue weighted by Gasteiger charge is -2.08. The zero-order valence-corrected chi connectivity index (χ0v) is 12.4. The number of hydrogen-bond acceptors (Lipinski definition) is 3. The molecule has 2 aromatic heterocycles. The highest BCUT2D eigenvalue weighted by Gasteiger charge is 2.26. The van der Waals surface area contributed by atoms with Gasteiger partial charge in [-0.05, 0) is 38.0 Å². The molecule has 0 radical (unpaired) electrons. The standard InChI is InChI=1S/C17H14ClN3/c1-10-8-13(12-4-2-3-5-14(12)19-10)17-20-15(11-6-7-11)9-16(18)21-17/h2-5,8-9,11H,6-7H2,1H3. The van der Waals surface area contributed by atoms with Crippen LogP contribution in [-0.2, 0) is 0 Å². The number of benzene rings is 1. The van der Waals surface area contributed by atoms with Gasteiger partial charge in [0.15, 0.2) is 5.82 Å². The Labute approximate surface area is 128 Å². The lowest BCUT2D eigenvalue weighted by atomic mass is 10.1. The highest BCUT2D eigenvalue weighted by atomic mass is 35.5. The van der Waals surface area contributed by atoms with Crippen LogP contribution in [0.4, 0.5) is 0 Å². The molecule has 0 saturated heterocycles. The van der Waals surface area contributed by atoms with Crippen LogP contribution in [0.5, 0.6) is 0 Å². The average Bonchev–Trinajstić information content (AvgIpc) is 3.30. The van der Waals surface area contributed by atoms with Crippen molar-refractivity contribution in [2.45, 2.75) is 25.7 Å². The van der Waals surface area contributed by atoms with Crippen LogP contribution in [0.2, 0.25) is 5.15 Å². The fraction of sp³-hybridized carbons (Fsp3) is 0.235. The molecule has 0 bridgehead atoms. The lowest BCUT2D eigenvalue weighted by Crippen LogP contribution is -1.97. The van der Waals surface area contributed by atoms with E-state index in [9.17, 15) is 0 Å². The van der Waals surface area contributed by atoms with Gasteiger partial charge in [0.2, 0.25) is 0 Å².